The van der Waals surface area contributed by atoms with Crippen LogP contribution in [0.2, 0.25) is 0 Å². The molecular weight excluding hydrogens is 244 g/mol. The maximum Gasteiger partial charge on any atom is 0.257 e. The van der Waals surface area contributed by atoms with E-state index in [9.17, 15) is 4.79 Å². The molecule has 6 nitrogen and oxygen atoms in total. The number of ether oxygens (including phenoxy) is 1. The molecule has 1 aromatic rings. The number of morpholine rings is 1. The number of carbonyl (C=O) groups is 1. The van der Waals surface area contributed by atoms with Crippen molar-refractivity contribution < 1.29 is 9.53 Å². The van der Waals surface area contributed by atoms with Crippen molar-refractivity contribution >= 4 is 11.6 Å². The molecule has 0 spiro atoms. The maximum absolute atomic E-state index is 12.6. The van der Waals surface area contributed by atoms with Crippen LogP contribution in [-0.2, 0) is 4.74 Å². The van der Waals surface area contributed by atoms with Crippen molar-refractivity contribution in [2.75, 3.05) is 18.6 Å². The number of pyridine rings is 1. The van der Waals surface area contributed by atoms with Crippen molar-refractivity contribution in [1.82, 2.24) is 9.88 Å². The summed E-state index contributed by atoms with van der Waals surface area (Å²) < 4.78 is 5.60. The Labute approximate surface area is 112 Å². The van der Waals surface area contributed by atoms with Gasteiger partial charge in [-0.3, -0.25) is 15.6 Å². The molecule has 2 atom stereocenters. The molecule has 6 heteroatoms. The summed E-state index contributed by atoms with van der Waals surface area (Å²) in [5.74, 6) is 5.39. The minimum Gasteiger partial charge on any atom is -0.375 e. The van der Waals surface area contributed by atoms with E-state index in [1.807, 2.05) is 11.8 Å². The van der Waals surface area contributed by atoms with E-state index in [0.717, 1.165) is 6.42 Å². The van der Waals surface area contributed by atoms with E-state index in [2.05, 4.69) is 17.3 Å². The van der Waals surface area contributed by atoms with Gasteiger partial charge in [0.25, 0.3) is 5.91 Å². The molecule has 104 valence electrons. The minimum absolute atomic E-state index is 0.0527. The summed E-state index contributed by atoms with van der Waals surface area (Å²) in [6.45, 7) is 5.19. The zero-order valence-corrected chi connectivity index (χ0v) is 11.3. The summed E-state index contributed by atoms with van der Waals surface area (Å²) in [6.07, 6.45) is 4.07. The summed E-state index contributed by atoms with van der Waals surface area (Å²) >= 11 is 0. The van der Waals surface area contributed by atoms with Crippen LogP contribution in [0, 0.1) is 0 Å². The first-order valence-corrected chi connectivity index (χ1v) is 6.50. The first-order valence-electron chi connectivity index (χ1n) is 6.50. The standard InChI is InChI=1S/C13H20N4O2/c1-3-10-8-19-9(2)7-17(10)13(18)11-6-15-5-4-12(11)16-14/h4-6,9-10H,3,7-8,14H2,1-2H3,(H,15,16). The Balaban J connectivity index is 2.26. The SMILES string of the molecule is CCC1COC(C)CN1C(=O)c1cnccc1NN. The van der Waals surface area contributed by atoms with Crippen molar-refractivity contribution in [2.45, 2.75) is 32.4 Å². The molecule has 2 heterocycles. The zero-order chi connectivity index (χ0) is 13.8. The fraction of sp³-hybridized carbons (Fsp3) is 0.538. The first-order chi connectivity index (χ1) is 9.17. The smallest absolute Gasteiger partial charge is 0.257 e. The van der Waals surface area contributed by atoms with Crippen LogP contribution >= 0.6 is 0 Å². The van der Waals surface area contributed by atoms with Gasteiger partial charge in [-0.05, 0) is 19.4 Å². The molecule has 1 aliphatic heterocycles. The fourth-order valence-corrected chi connectivity index (χ4v) is 2.28. The van der Waals surface area contributed by atoms with Crippen LogP contribution in [0.15, 0.2) is 18.5 Å². The van der Waals surface area contributed by atoms with Crippen LogP contribution in [0.3, 0.4) is 0 Å². The summed E-state index contributed by atoms with van der Waals surface area (Å²) in [5.41, 5.74) is 3.63. The molecule has 1 saturated heterocycles. The molecule has 1 aliphatic rings. The summed E-state index contributed by atoms with van der Waals surface area (Å²) in [5, 5.41) is 0. The Hall–Kier alpha value is -1.66. The average molecular weight is 264 g/mol. The number of nitrogens with one attached hydrogen (secondary N) is 1. The highest BCUT2D eigenvalue weighted by Gasteiger charge is 2.31. The average Bonchev–Trinajstić information content (AvgIpc) is 2.46. The van der Waals surface area contributed by atoms with Gasteiger partial charge in [0.1, 0.15) is 0 Å². The minimum atomic E-state index is -0.0527. The quantitative estimate of drug-likeness (QED) is 0.629. The fourth-order valence-electron chi connectivity index (χ4n) is 2.28. The number of nitrogens with zero attached hydrogens (tertiary/aromatic N) is 2. The van der Waals surface area contributed by atoms with E-state index in [1.165, 1.54) is 0 Å². The molecule has 1 amide bonds. The number of rotatable bonds is 3. The summed E-state index contributed by atoms with van der Waals surface area (Å²) in [6, 6.07) is 1.80. The van der Waals surface area contributed by atoms with Gasteiger partial charge in [0.2, 0.25) is 0 Å². The topological polar surface area (TPSA) is 80.5 Å². The predicted octanol–water partition coefficient (Wildman–Crippen LogP) is 1.01. The van der Waals surface area contributed by atoms with Gasteiger partial charge in [-0.15, -0.1) is 0 Å². The Kier molecular flexibility index (Phi) is 4.34. The number of carbonyl (C=O) groups excluding carboxylic acids is 1. The Bertz CT molecular complexity index is 452. The van der Waals surface area contributed by atoms with E-state index in [0.29, 0.717) is 24.4 Å². The lowest BCUT2D eigenvalue weighted by Gasteiger charge is -2.38. The number of hydrazine groups is 1. The largest absolute Gasteiger partial charge is 0.375 e. The Morgan fingerprint density at radius 2 is 2.47 bits per heavy atom. The van der Waals surface area contributed by atoms with E-state index < -0.39 is 0 Å². The monoisotopic (exact) mass is 264 g/mol. The van der Waals surface area contributed by atoms with E-state index in [4.69, 9.17) is 10.6 Å². The normalized spacial score (nSPS) is 23.2. The van der Waals surface area contributed by atoms with Crippen LogP contribution in [0.5, 0.6) is 0 Å². The molecule has 0 aliphatic carbocycles. The van der Waals surface area contributed by atoms with E-state index in [-0.39, 0.29) is 18.1 Å². The van der Waals surface area contributed by atoms with Crippen molar-refractivity contribution in [3.05, 3.63) is 24.0 Å². The van der Waals surface area contributed by atoms with Crippen LogP contribution in [0.25, 0.3) is 0 Å². The van der Waals surface area contributed by atoms with Crippen molar-refractivity contribution in [1.29, 1.82) is 0 Å². The molecule has 2 rings (SSSR count). The van der Waals surface area contributed by atoms with Crippen LogP contribution in [-0.4, -0.2) is 41.1 Å². The third-order valence-corrected chi connectivity index (χ3v) is 3.41. The van der Waals surface area contributed by atoms with Crippen molar-refractivity contribution in [3.8, 4) is 0 Å². The number of aromatic nitrogens is 1. The van der Waals surface area contributed by atoms with Gasteiger partial charge >= 0.3 is 0 Å². The second-order valence-corrected chi connectivity index (χ2v) is 4.73. The van der Waals surface area contributed by atoms with Gasteiger partial charge in [0.15, 0.2) is 0 Å². The van der Waals surface area contributed by atoms with Crippen molar-refractivity contribution in [2.24, 2.45) is 5.84 Å². The van der Waals surface area contributed by atoms with Gasteiger partial charge in [-0.2, -0.15) is 0 Å². The van der Waals surface area contributed by atoms with Gasteiger partial charge in [0.05, 0.1) is 30.0 Å². The lowest BCUT2D eigenvalue weighted by molar-refractivity contribution is -0.0443. The molecular formula is C13H20N4O2. The third-order valence-electron chi connectivity index (χ3n) is 3.41. The van der Waals surface area contributed by atoms with Crippen LogP contribution in [0.1, 0.15) is 30.6 Å². The molecule has 2 unspecified atom stereocenters. The molecule has 0 aromatic carbocycles. The Morgan fingerprint density at radius 1 is 1.68 bits per heavy atom. The molecule has 3 N–H and O–H groups in total. The molecule has 0 bridgehead atoms. The lowest BCUT2D eigenvalue weighted by Crippen LogP contribution is -2.51. The molecule has 0 saturated carbocycles. The lowest BCUT2D eigenvalue weighted by atomic mass is 10.1. The summed E-state index contributed by atoms with van der Waals surface area (Å²) in [4.78, 5) is 18.5. The molecule has 0 radical (unpaired) electrons. The predicted molar refractivity (Wildman–Crippen MR) is 72.6 cm³/mol. The van der Waals surface area contributed by atoms with Crippen LogP contribution < -0.4 is 11.3 Å². The highest BCUT2D eigenvalue weighted by atomic mass is 16.5. The van der Waals surface area contributed by atoms with Gasteiger partial charge in [0, 0.05) is 18.9 Å². The number of nitrogens with two attached hydrogens (primary N) is 1. The molecule has 19 heavy (non-hydrogen) atoms. The number of nitrogen functional groups attached to an aromatic ring is 1. The van der Waals surface area contributed by atoms with Crippen LogP contribution in [0.4, 0.5) is 5.69 Å². The highest BCUT2D eigenvalue weighted by molar-refractivity contribution is 5.99. The molecule has 1 aromatic heterocycles. The van der Waals surface area contributed by atoms with Crippen molar-refractivity contribution in [3.63, 3.8) is 0 Å². The number of hydrogen-bond donors (Lipinski definition) is 2. The van der Waals surface area contributed by atoms with E-state index >= 15 is 0 Å². The molecule has 1 fully saturated rings. The summed E-state index contributed by atoms with van der Waals surface area (Å²) in [7, 11) is 0. The second kappa shape index (κ2) is 5.99. The second-order valence-electron chi connectivity index (χ2n) is 4.73. The number of amides is 1. The van der Waals surface area contributed by atoms with Gasteiger partial charge < -0.3 is 15.1 Å². The number of anilines is 1. The number of hydrogen-bond acceptors (Lipinski definition) is 5. The highest BCUT2D eigenvalue weighted by Crippen LogP contribution is 2.21. The zero-order valence-electron chi connectivity index (χ0n) is 11.3. The van der Waals surface area contributed by atoms with Gasteiger partial charge in [-0.25, -0.2) is 0 Å². The third kappa shape index (κ3) is 2.85. The van der Waals surface area contributed by atoms with E-state index in [1.54, 1.807) is 18.5 Å². The maximum atomic E-state index is 12.6. The van der Waals surface area contributed by atoms with Gasteiger partial charge in [-0.1, -0.05) is 6.92 Å². The first kappa shape index (κ1) is 13.8. The Morgan fingerprint density at radius 3 is 3.16 bits per heavy atom.